The van der Waals surface area contributed by atoms with E-state index < -0.39 is 0 Å². The van der Waals surface area contributed by atoms with E-state index >= 15 is 0 Å². The quantitative estimate of drug-likeness (QED) is 0.828. The van der Waals surface area contributed by atoms with E-state index in [2.05, 4.69) is 34.0 Å². The number of nitrogens with one attached hydrogen (secondary N) is 1. The number of piperazine rings is 1. The summed E-state index contributed by atoms with van der Waals surface area (Å²) in [5.74, 6) is 0.836. The molecule has 0 bridgehead atoms. The summed E-state index contributed by atoms with van der Waals surface area (Å²) in [4.78, 5) is 11.4. The molecule has 0 unspecified atom stereocenters. The summed E-state index contributed by atoms with van der Waals surface area (Å²) in [6, 6.07) is 8.11. The highest BCUT2D eigenvalue weighted by atomic mass is 15.3. The van der Waals surface area contributed by atoms with Gasteiger partial charge >= 0.3 is 0 Å². The van der Waals surface area contributed by atoms with Gasteiger partial charge in [0.15, 0.2) is 0 Å². The van der Waals surface area contributed by atoms with Crippen molar-refractivity contribution in [2.24, 2.45) is 0 Å². The first-order chi connectivity index (χ1) is 8.64. The van der Waals surface area contributed by atoms with Crippen molar-refractivity contribution in [3.8, 4) is 0 Å². The van der Waals surface area contributed by atoms with Gasteiger partial charge in [0.2, 0.25) is 5.95 Å². The van der Waals surface area contributed by atoms with Crippen molar-refractivity contribution in [2.45, 2.75) is 19.4 Å². The summed E-state index contributed by atoms with van der Waals surface area (Å²) in [5.41, 5.74) is 1.13. The maximum Gasteiger partial charge on any atom is 0.225 e. The van der Waals surface area contributed by atoms with Crippen LogP contribution >= 0.6 is 0 Å². The lowest BCUT2D eigenvalue weighted by atomic mass is 10.0. The summed E-state index contributed by atoms with van der Waals surface area (Å²) in [7, 11) is 0. The van der Waals surface area contributed by atoms with Gasteiger partial charge in [0.1, 0.15) is 0 Å². The van der Waals surface area contributed by atoms with E-state index in [-0.39, 0.29) is 5.54 Å². The number of para-hydroxylation sites is 1. The minimum Gasteiger partial charge on any atom is -0.338 e. The fraction of sp³-hybridized carbons (Fsp3) is 0.429. The molecule has 3 rings (SSSR count). The smallest absolute Gasteiger partial charge is 0.225 e. The van der Waals surface area contributed by atoms with Crippen LogP contribution in [-0.4, -0.2) is 35.1 Å². The van der Waals surface area contributed by atoms with E-state index in [0.717, 1.165) is 36.5 Å². The van der Waals surface area contributed by atoms with Gasteiger partial charge in [0.05, 0.1) is 5.52 Å². The van der Waals surface area contributed by atoms with Gasteiger partial charge in [-0.1, -0.05) is 18.2 Å². The molecular formula is C14H18N4. The lowest BCUT2D eigenvalue weighted by molar-refractivity contribution is 0.350. The van der Waals surface area contributed by atoms with E-state index in [4.69, 9.17) is 0 Å². The number of benzene rings is 1. The number of anilines is 1. The number of fused-ring (bicyclic) bond motifs is 1. The van der Waals surface area contributed by atoms with Crippen molar-refractivity contribution in [1.29, 1.82) is 0 Å². The standard InChI is InChI=1S/C14H18N4/c1-14(2)10-18(8-7-16-14)13-15-9-11-5-3-4-6-12(11)17-13/h3-6,9,16H,7-8,10H2,1-2H3. The molecule has 2 heterocycles. The molecule has 0 spiro atoms. The highest BCUT2D eigenvalue weighted by molar-refractivity contribution is 5.78. The third-order valence-electron chi connectivity index (χ3n) is 3.33. The zero-order chi connectivity index (χ0) is 12.6. The molecule has 1 aromatic heterocycles. The predicted molar refractivity (Wildman–Crippen MR) is 73.8 cm³/mol. The molecule has 0 radical (unpaired) electrons. The molecule has 0 saturated carbocycles. The zero-order valence-electron chi connectivity index (χ0n) is 10.8. The number of hydrogen-bond donors (Lipinski definition) is 1. The molecular weight excluding hydrogens is 224 g/mol. The number of hydrogen-bond acceptors (Lipinski definition) is 4. The average molecular weight is 242 g/mol. The Labute approximate surface area is 107 Å². The second kappa shape index (κ2) is 4.21. The average Bonchev–Trinajstić information content (AvgIpc) is 2.37. The second-order valence-electron chi connectivity index (χ2n) is 5.46. The molecule has 4 heteroatoms. The summed E-state index contributed by atoms with van der Waals surface area (Å²) in [5, 5.41) is 4.59. The van der Waals surface area contributed by atoms with Crippen LogP contribution < -0.4 is 10.2 Å². The monoisotopic (exact) mass is 242 g/mol. The molecule has 0 aliphatic carbocycles. The van der Waals surface area contributed by atoms with Crippen LogP contribution in [0, 0.1) is 0 Å². The lowest BCUT2D eigenvalue weighted by Gasteiger charge is -2.39. The Bertz CT molecular complexity index is 564. The molecule has 1 saturated heterocycles. The Morgan fingerprint density at radius 1 is 1.28 bits per heavy atom. The fourth-order valence-corrected chi connectivity index (χ4v) is 2.43. The van der Waals surface area contributed by atoms with Gasteiger partial charge in [-0.25, -0.2) is 9.97 Å². The van der Waals surface area contributed by atoms with Crippen molar-refractivity contribution >= 4 is 16.9 Å². The van der Waals surface area contributed by atoms with Crippen molar-refractivity contribution < 1.29 is 0 Å². The molecule has 94 valence electrons. The molecule has 18 heavy (non-hydrogen) atoms. The third-order valence-corrected chi connectivity index (χ3v) is 3.33. The summed E-state index contributed by atoms with van der Waals surface area (Å²) in [6.07, 6.45) is 1.91. The van der Waals surface area contributed by atoms with E-state index in [1.807, 2.05) is 30.5 Å². The first kappa shape index (κ1) is 11.4. The van der Waals surface area contributed by atoms with E-state index in [1.54, 1.807) is 0 Å². The van der Waals surface area contributed by atoms with Crippen LogP contribution in [0.3, 0.4) is 0 Å². The first-order valence-electron chi connectivity index (χ1n) is 6.36. The zero-order valence-corrected chi connectivity index (χ0v) is 10.8. The first-order valence-corrected chi connectivity index (χ1v) is 6.36. The van der Waals surface area contributed by atoms with E-state index in [1.165, 1.54) is 0 Å². The van der Waals surface area contributed by atoms with Crippen LogP contribution in [0.25, 0.3) is 10.9 Å². The van der Waals surface area contributed by atoms with Gasteiger partial charge in [0.25, 0.3) is 0 Å². The van der Waals surface area contributed by atoms with Crippen LogP contribution in [-0.2, 0) is 0 Å². The Balaban J connectivity index is 1.94. The van der Waals surface area contributed by atoms with Crippen LogP contribution in [0.2, 0.25) is 0 Å². The van der Waals surface area contributed by atoms with E-state index in [9.17, 15) is 0 Å². The Morgan fingerprint density at radius 3 is 2.94 bits per heavy atom. The maximum atomic E-state index is 4.65. The molecule has 1 aliphatic heterocycles. The largest absolute Gasteiger partial charge is 0.338 e. The Morgan fingerprint density at radius 2 is 2.11 bits per heavy atom. The van der Waals surface area contributed by atoms with Crippen LogP contribution in [0.1, 0.15) is 13.8 Å². The molecule has 1 aliphatic rings. The lowest BCUT2D eigenvalue weighted by Crippen LogP contribution is -2.57. The molecule has 1 fully saturated rings. The molecule has 2 aromatic rings. The minimum atomic E-state index is 0.118. The van der Waals surface area contributed by atoms with Gasteiger partial charge in [0, 0.05) is 36.8 Å². The van der Waals surface area contributed by atoms with Crippen molar-refractivity contribution in [2.75, 3.05) is 24.5 Å². The highest BCUT2D eigenvalue weighted by Crippen LogP contribution is 2.18. The van der Waals surface area contributed by atoms with Crippen molar-refractivity contribution in [3.05, 3.63) is 30.5 Å². The fourth-order valence-electron chi connectivity index (χ4n) is 2.43. The molecule has 0 atom stereocenters. The normalized spacial score (nSPS) is 19.1. The van der Waals surface area contributed by atoms with Gasteiger partial charge in [-0.3, -0.25) is 0 Å². The number of aromatic nitrogens is 2. The summed E-state index contributed by atoms with van der Waals surface area (Å²) in [6.45, 7) is 7.29. The number of nitrogens with zero attached hydrogens (tertiary/aromatic N) is 3. The minimum absolute atomic E-state index is 0.118. The SMILES string of the molecule is CC1(C)CN(c2ncc3ccccc3n2)CCN1. The van der Waals surface area contributed by atoms with Gasteiger partial charge in [-0.2, -0.15) is 0 Å². The molecule has 1 aromatic carbocycles. The second-order valence-corrected chi connectivity index (χ2v) is 5.46. The predicted octanol–water partition coefficient (Wildman–Crippen LogP) is 1.82. The topological polar surface area (TPSA) is 41.1 Å². The molecule has 0 amide bonds. The van der Waals surface area contributed by atoms with Gasteiger partial charge in [-0.05, 0) is 19.9 Å². The highest BCUT2D eigenvalue weighted by Gasteiger charge is 2.27. The van der Waals surface area contributed by atoms with Crippen LogP contribution in [0.4, 0.5) is 5.95 Å². The number of rotatable bonds is 1. The van der Waals surface area contributed by atoms with Crippen molar-refractivity contribution in [1.82, 2.24) is 15.3 Å². The van der Waals surface area contributed by atoms with Crippen molar-refractivity contribution in [3.63, 3.8) is 0 Å². The van der Waals surface area contributed by atoms with Gasteiger partial charge < -0.3 is 10.2 Å². The van der Waals surface area contributed by atoms with Crippen LogP contribution in [0.15, 0.2) is 30.5 Å². The molecule has 4 nitrogen and oxygen atoms in total. The van der Waals surface area contributed by atoms with Gasteiger partial charge in [-0.15, -0.1) is 0 Å². The molecule has 1 N–H and O–H groups in total. The summed E-state index contributed by atoms with van der Waals surface area (Å²) < 4.78 is 0. The van der Waals surface area contributed by atoms with E-state index in [0.29, 0.717) is 0 Å². The van der Waals surface area contributed by atoms with Crippen LogP contribution in [0.5, 0.6) is 0 Å². The Hall–Kier alpha value is -1.68. The Kier molecular flexibility index (Phi) is 2.67. The summed E-state index contributed by atoms with van der Waals surface area (Å²) >= 11 is 0. The maximum absolute atomic E-state index is 4.65. The third kappa shape index (κ3) is 2.16.